The Labute approximate surface area is 124 Å². The highest BCUT2D eigenvalue weighted by Crippen LogP contribution is 2.22. The average Bonchev–Trinajstić information content (AvgIpc) is 2.48. The Kier molecular flexibility index (Phi) is 5.41. The Morgan fingerprint density at radius 3 is 2.29 bits per heavy atom. The number of aliphatic carboxylic acids is 1. The number of nitrogens with one attached hydrogen (secondary N) is 2. The third kappa shape index (κ3) is 4.07. The number of carbonyl (C=O) groups excluding carboxylic acids is 1. The van der Waals surface area contributed by atoms with E-state index in [4.69, 9.17) is 9.47 Å². The summed E-state index contributed by atoms with van der Waals surface area (Å²) in [5.74, 6) is -0.625. The standard InChI is InChI=1S/C14H24N2O5/c1-10(11-2-6-20-7-3-11)15-13(19)16-14(12(17)18)4-8-21-9-5-14/h10-11H,2-9H2,1H3,(H,17,18)(H2,15,16,19). The fraction of sp³-hybridized carbons (Fsp3) is 0.857. The second-order valence-corrected chi connectivity index (χ2v) is 5.84. The largest absolute Gasteiger partial charge is 0.480 e. The Morgan fingerprint density at radius 1 is 1.14 bits per heavy atom. The molecule has 2 fully saturated rings. The first-order valence-electron chi connectivity index (χ1n) is 7.51. The molecule has 2 saturated heterocycles. The van der Waals surface area contributed by atoms with E-state index in [0.29, 0.717) is 45.2 Å². The van der Waals surface area contributed by atoms with Crippen LogP contribution in [0, 0.1) is 5.92 Å². The van der Waals surface area contributed by atoms with Crippen LogP contribution in [-0.2, 0) is 14.3 Å². The van der Waals surface area contributed by atoms with Crippen LogP contribution in [0.15, 0.2) is 0 Å². The molecule has 3 N–H and O–H groups in total. The molecule has 0 radical (unpaired) electrons. The van der Waals surface area contributed by atoms with Crippen LogP contribution >= 0.6 is 0 Å². The fourth-order valence-corrected chi connectivity index (χ4v) is 2.91. The molecule has 2 heterocycles. The minimum absolute atomic E-state index is 0.000384. The van der Waals surface area contributed by atoms with Gasteiger partial charge in [-0.1, -0.05) is 0 Å². The summed E-state index contributed by atoms with van der Waals surface area (Å²) in [6.07, 6.45) is 2.42. The van der Waals surface area contributed by atoms with Crippen molar-refractivity contribution in [3.8, 4) is 0 Å². The van der Waals surface area contributed by atoms with Crippen molar-refractivity contribution in [2.75, 3.05) is 26.4 Å². The van der Waals surface area contributed by atoms with E-state index in [9.17, 15) is 14.7 Å². The number of carbonyl (C=O) groups is 2. The highest BCUT2D eigenvalue weighted by Gasteiger charge is 2.42. The molecule has 1 atom stereocenters. The Balaban J connectivity index is 1.88. The lowest BCUT2D eigenvalue weighted by Gasteiger charge is -2.35. The molecule has 0 aromatic carbocycles. The Bertz CT molecular complexity index is 376. The quantitative estimate of drug-likeness (QED) is 0.711. The van der Waals surface area contributed by atoms with E-state index in [1.807, 2.05) is 6.92 Å². The minimum atomic E-state index is -1.21. The first kappa shape index (κ1) is 16.0. The van der Waals surface area contributed by atoms with Crippen molar-refractivity contribution >= 4 is 12.0 Å². The van der Waals surface area contributed by atoms with Gasteiger partial charge in [0.1, 0.15) is 5.54 Å². The van der Waals surface area contributed by atoms with Crippen LogP contribution in [0.5, 0.6) is 0 Å². The maximum atomic E-state index is 12.1. The molecule has 7 nitrogen and oxygen atoms in total. The maximum absolute atomic E-state index is 12.1. The van der Waals surface area contributed by atoms with Crippen molar-refractivity contribution in [1.82, 2.24) is 10.6 Å². The van der Waals surface area contributed by atoms with Gasteiger partial charge in [0.15, 0.2) is 0 Å². The summed E-state index contributed by atoms with van der Waals surface area (Å²) in [4.78, 5) is 23.6. The van der Waals surface area contributed by atoms with Crippen LogP contribution < -0.4 is 10.6 Å². The van der Waals surface area contributed by atoms with Gasteiger partial charge in [0.25, 0.3) is 0 Å². The lowest BCUT2D eigenvalue weighted by atomic mass is 9.90. The van der Waals surface area contributed by atoms with Crippen LogP contribution in [-0.4, -0.2) is 55.1 Å². The lowest BCUT2D eigenvalue weighted by Crippen LogP contribution is -2.60. The number of amides is 2. The van der Waals surface area contributed by atoms with Crippen molar-refractivity contribution in [3.63, 3.8) is 0 Å². The fourth-order valence-electron chi connectivity index (χ4n) is 2.91. The molecule has 120 valence electrons. The Morgan fingerprint density at radius 2 is 1.71 bits per heavy atom. The third-order valence-electron chi connectivity index (χ3n) is 4.44. The molecule has 0 bridgehead atoms. The van der Waals surface area contributed by atoms with E-state index in [1.54, 1.807) is 0 Å². The van der Waals surface area contributed by atoms with E-state index >= 15 is 0 Å². The molecule has 2 amide bonds. The van der Waals surface area contributed by atoms with Crippen molar-refractivity contribution in [2.24, 2.45) is 5.92 Å². The summed E-state index contributed by atoms with van der Waals surface area (Å²) < 4.78 is 10.5. The zero-order chi connectivity index (χ0) is 15.3. The SMILES string of the molecule is CC(NC(=O)NC1(C(=O)O)CCOCC1)C1CCOCC1. The van der Waals surface area contributed by atoms with Crippen LogP contribution in [0.2, 0.25) is 0 Å². The molecule has 2 aliphatic heterocycles. The van der Waals surface area contributed by atoms with Gasteiger partial charge in [0.2, 0.25) is 0 Å². The van der Waals surface area contributed by atoms with Crippen LogP contribution in [0.3, 0.4) is 0 Å². The predicted molar refractivity (Wildman–Crippen MR) is 75.1 cm³/mol. The number of rotatable bonds is 4. The van der Waals surface area contributed by atoms with Gasteiger partial charge in [-0.3, -0.25) is 0 Å². The number of carboxylic acids is 1. The van der Waals surface area contributed by atoms with E-state index in [2.05, 4.69) is 10.6 Å². The van der Waals surface area contributed by atoms with Crippen LogP contribution in [0.4, 0.5) is 4.79 Å². The van der Waals surface area contributed by atoms with Gasteiger partial charge in [-0.2, -0.15) is 0 Å². The van der Waals surface area contributed by atoms with Crippen molar-refractivity contribution in [1.29, 1.82) is 0 Å². The smallest absolute Gasteiger partial charge is 0.329 e. The van der Waals surface area contributed by atoms with Crippen molar-refractivity contribution < 1.29 is 24.2 Å². The number of carboxylic acid groups (broad SMARTS) is 1. The molecule has 21 heavy (non-hydrogen) atoms. The molecule has 0 saturated carbocycles. The summed E-state index contributed by atoms with van der Waals surface area (Å²) in [6, 6.07) is -0.419. The summed E-state index contributed by atoms with van der Waals surface area (Å²) >= 11 is 0. The average molecular weight is 300 g/mol. The third-order valence-corrected chi connectivity index (χ3v) is 4.44. The molecule has 0 aromatic rings. The lowest BCUT2D eigenvalue weighted by molar-refractivity contribution is -0.148. The summed E-state index contributed by atoms with van der Waals surface area (Å²) in [5, 5.41) is 14.9. The summed E-state index contributed by atoms with van der Waals surface area (Å²) in [6.45, 7) is 4.08. The zero-order valence-corrected chi connectivity index (χ0v) is 12.4. The van der Waals surface area contributed by atoms with Gasteiger partial charge in [0.05, 0.1) is 0 Å². The number of hydrogen-bond donors (Lipinski definition) is 3. The van der Waals surface area contributed by atoms with Gasteiger partial charge >= 0.3 is 12.0 Å². The van der Waals surface area contributed by atoms with E-state index in [1.165, 1.54) is 0 Å². The minimum Gasteiger partial charge on any atom is -0.480 e. The van der Waals surface area contributed by atoms with Gasteiger partial charge < -0.3 is 25.2 Å². The highest BCUT2D eigenvalue weighted by atomic mass is 16.5. The molecule has 1 unspecified atom stereocenters. The molecule has 0 spiro atoms. The van der Waals surface area contributed by atoms with Gasteiger partial charge in [-0.05, 0) is 25.7 Å². The number of urea groups is 1. The predicted octanol–water partition coefficient (Wildman–Crippen LogP) is 0.735. The second-order valence-electron chi connectivity index (χ2n) is 5.84. The van der Waals surface area contributed by atoms with E-state index < -0.39 is 17.5 Å². The number of ether oxygens (including phenoxy) is 2. The summed E-state index contributed by atoms with van der Waals surface area (Å²) in [5.41, 5.74) is -1.21. The van der Waals surface area contributed by atoms with Crippen molar-refractivity contribution in [2.45, 2.75) is 44.2 Å². The first-order chi connectivity index (χ1) is 10.0. The molecule has 2 aliphatic rings. The second kappa shape index (κ2) is 7.09. The first-order valence-corrected chi connectivity index (χ1v) is 7.51. The monoisotopic (exact) mass is 300 g/mol. The normalized spacial score (nSPS) is 24.0. The molecule has 7 heteroatoms. The highest BCUT2D eigenvalue weighted by molar-refractivity contribution is 5.86. The Hall–Kier alpha value is -1.34. The molecule has 0 aliphatic carbocycles. The van der Waals surface area contributed by atoms with Crippen LogP contribution in [0.1, 0.15) is 32.6 Å². The molecular formula is C14H24N2O5. The maximum Gasteiger partial charge on any atom is 0.329 e. The zero-order valence-electron chi connectivity index (χ0n) is 12.4. The van der Waals surface area contributed by atoms with Crippen molar-refractivity contribution in [3.05, 3.63) is 0 Å². The van der Waals surface area contributed by atoms with E-state index in [-0.39, 0.29) is 6.04 Å². The molecule has 2 rings (SSSR count). The van der Waals surface area contributed by atoms with Gasteiger partial charge in [-0.25, -0.2) is 9.59 Å². The van der Waals surface area contributed by atoms with Gasteiger partial charge in [0, 0.05) is 45.3 Å². The van der Waals surface area contributed by atoms with Crippen LogP contribution in [0.25, 0.3) is 0 Å². The van der Waals surface area contributed by atoms with Gasteiger partial charge in [-0.15, -0.1) is 0 Å². The summed E-state index contributed by atoms with van der Waals surface area (Å²) in [7, 11) is 0. The number of hydrogen-bond acceptors (Lipinski definition) is 4. The molecule has 0 aromatic heterocycles. The molecular weight excluding hydrogens is 276 g/mol. The van der Waals surface area contributed by atoms with E-state index in [0.717, 1.165) is 12.8 Å². The topological polar surface area (TPSA) is 96.9 Å².